The van der Waals surface area contributed by atoms with Crippen molar-refractivity contribution in [3.8, 4) is 5.75 Å². The molecule has 4 heteroatoms. The quantitative estimate of drug-likeness (QED) is 0.333. The second-order valence-electron chi connectivity index (χ2n) is 8.51. The topological polar surface area (TPSA) is 48.7 Å². The number of esters is 1. The van der Waals surface area contributed by atoms with Gasteiger partial charge < -0.3 is 13.9 Å². The Morgan fingerprint density at radius 2 is 1.58 bits per heavy atom. The standard InChI is InChI=1S/C27H28O4/c1-17(2)21-11-8-12-22(18(3)4)25(21)31-27(28)26-23(20-13-14-29-16-20)15-24(30-26)19-9-6-5-7-10-19/h5-18,23,26H,1-4H3/t23-,26+/m0/s1. The Bertz CT molecular complexity index is 1040. The molecule has 160 valence electrons. The molecule has 2 heterocycles. The van der Waals surface area contributed by atoms with Crippen molar-refractivity contribution in [2.45, 2.75) is 51.6 Å². The maximum Gasteiger partial charge on any atom is 0.353 e. The molecular weight excluding hydrogens is 388 g/mol. The number of furan rings is 1. The fraction of sp³-hybridized carbons (Fsp3) is 0.296. The van der Waals surface area contributed by atoms with Crippen LogP contribution in [-0.2, 0) is 9.53 Å². The van der Waals surface area contributed by atoms with Crippen LogP contribution >= 0.6 is 0 Å². The number of ether oxygens (including phenoxy) is 2. The van der Waals surface area contributed by atoms with E-state index < -0.39 is 12.1 Å². The lowest BCUT2D eigenvalue weighted by Crippen LogP contribution is -2.31. The minimum absolute atomic E-state index is 0.230. The van der Waals surface area contributed by atoms with E-state index in [-0.39, 0.29) is 17.8 Å². The summed E-state index contributed by atoms with van der Waals surface area (Å²) in [6.07, 6.45) is 4.45. The number of hydrogen-bond acceptors (Lipinski definition) is 4. The SMILES string of the molecule is CC(C)c1cccc(C(C)C)c1OC(=O)[C@@H]1OC(c2ccccc2)=C[C@H]1c1ccoc1. The van der Waals surface area contributed by atoms with Crippen LogP contribution in [-0.4, -0.2) is 12.1 Å². The molecule has 0 fully saturated rings. The summed E-state index contributed by atoms with van der Waals surface area (Å²) in [6, 6.07) is 17.7. The van der Waals surface area contributed by atoms with Gasteiger partial charge in [0, 0.05) is 11.1 Å². The summed E-state index contributed by atoms with van der Waals surface area (Å²) >= 11 is 0. The summed E-state index contributed by atoms with van der Waals surface area (Å²) in [4.78, 5) is 13.4. The van der Waals surface area contributed by atoms with Crippen molar-refractivity contribution in [2.24, 2.45) is 0 Å². The number of rotatable bonds is 6. The third-order valence-corrected chi connectivity index (χ3v) is 5.65. The monoisotopic (exact) mass is 416 g/mol. The average molecular weight is 417 g/mol. The van der Waals surface area contributed by atoms with Gasteiger partial charge in [0.2, 0.25) is 6.10 Å². The van der Waals surface area contributed by atoms with Crippen LogP contribution in [0.5, 0.6) is 5.75 Å². The van der Waals surface area contributed by atoms with Crippen LogP contribution in [0.4, 0.5) is 0 Å². The highest BCUT2D eigenvalue weighted by Gasteiger charge is 2.39. The van der Waals surface area contributed by atoms with Gasteiger partial charge in [0.25, 0.3) is 0 Å². The van der Waals surface area contributed by atoms with Gasteiger partial charge in [0.1, 0.15) is 11.5 Å². The van der Waals surface area contributed by atoms with Crippen molar-refractivity contribution >= 4 is 11.7 Å². The number of carbonyl (C=O) groups excluding carboxylic acids is 1. The molecule has 0 radical (unpaired) electrons. The first kappa shape index (κ1) is 21.0. The Hall–Kier alpha value is -3.27. The summed E-state index contributed by atoms with van der Waals surface area (Å²) < 4.78 is 17.5. The number of hydrogen-bond donors (Lipinski definition) is 0. The molecule has 0 bridgehead atoms. The fourth-order valence-corrected chi connectivity index (χ4v) is 3.96. The van der Waals surface area contributed by atoms with E-state index in [0.717, 1.165) is 22.3 Å². The van der Waals surface area contributed by atoms with Crippen molar-refractivity contribution in [1.82, 2.24) is 0 Å². The summed E-state index contributed by atoms with van der Waals surface area (Å²) in [5.41, 5.74) is 3.85. The molecule has 4 nitrogen and oxygen atoms in total. The lowest BCUT2D eigenvalue weighted by atomic mass is 9.93. The van der Waals surface area contributed by atoms with Crippen LogP contribution in [0.3, 0.4) is 0 Å². The summed E-state index contributed by atoms with van der Waals surface area (Å²) in [6.45, 7) is 8.41. The van der Waals surface area contributed by atoms with Gasteiger partial charge in [0.15, 0.2) is 0 Å². The third kappa shape index (κ3) is 4.29. The predicted octanol–water partition coefficient (Wildman–Crippen LogP) is 6.66. The first-order chi connectivity index (χ1) is 15.0. The Kier molecular flexibility index (Phi) is 5.99. The van der Waals surface area contributed by atoms with Gasteiger partial charge in [-0.25, -0.2) is 4.79 Å². The van der Waals surface area contributed by atoms with E-state index in [0.29, 0.717) is 11.5 Å². The molecular formula is C27H28O4. The Morgan fingerprint density at radius 3 is 2.16 bits per heavy atom. The Labute approximate surface area is 183 Å². The maximum absolute atomic E-state index is 13.4. The summed E-state index contributed by atoms with van der Waals surface area (Å²) in [5.74, 6) is 1.11. The maximum atomic E-state index is 13.4. The van der Waals surface area contributed by atoms with Crippen LogP contribution in [0.25, 0.3) is 5.76 Å². The molecule has 31 heavy (non-hydrogen) atoms. The molecule has 0 saturated heterocycles. The third-order valence-electron chi connectivity index (χ3n) is 5.65. The lowest BCUT2D eigenvalue weighted by molar-refractivity contribution is -0.143. The van der Waals surface area contributed by atoms with Gasteiger partial charge in [0.05, 0.1) is 18.4 Å². The first-order valence-electron chi connectivity index (χ1n) is 10.8. The zero-order chi connectivity index (χ0) is 22.0. The van der Waals surface area contributed by atoms with Gasteiger partial charge in [-0.3, -0.25) is 0 Å². The average Bonchev–Trinajstić information content (AvgIpc) is 3.44. The van der Waals surface area contributed by atoms with Crippen LogP contribution in [0, 0.1) is 0 Å². The molecule has 0 unspecified atom stereocenters. The van der Waals surface area contributed by atoms with E-state index in [1.165, 1.54) is 0 Å². The van der Waals surface area contributed by atoms with Crippen LogP contribution < -0.4 is 4.74 Å². The molecule has 4 rings (SSSR count). The highest BCUT2D eigenvalue weighted by molar-refractivity contribution is 5.83. The van der Waals surface area contributed by atoms with E-state index >= 15 is 0 Å². The molecule has 1 aliphatic rings. The second kappa shape index (κ2) is 8.84. The Balaban J connectivity index is 1.67. The minimum atomic E-state index is -0.784. The summed E-state index contributed by atoms with van der Waals surface area (Å²) in [5, 5.41) is 0. The molecule has 3 aromatic rings. The van der Waals surface area contributed by atoms with Crippen LogP contribution in [0.1, 0.15) is 67.7 Å². The number of carbonyl (C=O) groups is 1. The molecule has 0 spiro atoms. The molecule has 0 saturated carbocycles. The van der Waals surface area contributed by atoms with E-state index in [1.54, 1.807) is 12.5 Å². The van der Waals surface area contributed by atoms with Crippen molar-refractivity contribution < 1.29 is 18.7 Å². The zero-order valence-corrected chi connectivity index (χ0v) is 18.4. The van der Waals surface area contributed by atoms with E-state index in [1.807, 2.05) is 60.7 Å². The lowest BCUT2D eigenvalue weighted by Gasteiger charge is -2.22. The van der Waals surface area contributed by atoms with Gasteiger partial charge in [-0.2, -0.15) is 0 Å². The highest BCUT2D eigenvalue weighted by atomic mass is 16.6. The molecule has 1 aliphatic heterocycles. The number of para-hydroxylation sites is 1. The molecule has 1 aromatic heterocycles. The first-order valence-corrected chi connectivity index (χ1v) is 10.8. The van der Waals surface area contributed by atoms with Crippen molar-refractivity contribution in [2.75, 3.05) is 0 Å². The Morgan fingerprint density at radius 1 is 0.903 bits per heavy atom. The van der Waals surface area contributed by atoms with Crippen molar-refractivity contribution in [3.63, 3.8) is 0 Å². The predicted molar refractivity (Wildman–Crippen MR) is 121 cm³/mol. The van der Waals surface area contributed by atoms with E-state index in [2.05, 4.69) is 27.7 Å². The highest BCUT2D eigenvalue weighted by Crippen LogP contribution is 2.40. The summed E-state index contributed by atoms with van der Waals surface area (Å²) in [7, 11) is 0. The second-order valence-corrected chi connectivity index (χ2v) is 8.51. The normalized spacial score (nSPS) is 18.2. The van der Waals surface area contributed by atoms with Gasteiger partial charge in [-0.05, 0) is 35.1 Å². The molecule has 0 aliphatic carbocycles. The van der Waals surface area contributed by atoms with E-state index in [4.69, 9.17) is 13.9 Å². The molecule has 2 aromatic carbocycles. The van der Waals surface area contributed by atoms with Crippen LogP contribution in [0.2, 0.25) is 0 Å². The van der Waals surface area contributed by atoms with Gasteiger partial charge >= 0.3 is 5.97 Å². The number of benzene rings is 2. The van der Waals surface area contributed by atoms with Gasteiger partial charge in [-0.1, -0.05) is 76.2 Å². The van der Waals surface area contributed by atoms with Gasteiger partial charge in [-0.15, -0.1) is 0 Å². The van der Waals surface area contributed by atoms with Crippen LogP contribution in [0.15, 0.2) is 77.6 Å². The van der Waals surface area contributed by atoms with E-state index in [9.17, 15) is 4.79 Å². The zero-order valence-electron chi connectivity index (χ0n) is 18.4. The molecule has 2 atom stereocenters. The smallest absolute Gasteiger partial charge is 0.353 e. The molecule has 0 N–H and O–H groups in total. The fourth-order valence-electron chi connectivity index (χ4n) is 3.96. The largest absolute Gasteiger partial charge is 0.477 e. The minimum Gasteiger partial charge on any atom is -0.477 e. The molecule has 0 amide bonds. The van der Waals surface area contributed by atoms with Crippen molar-refractivity contribution in [1.29, 1.82) is 0 Å². The van der Waals surface area contributed by atoms with Crippen molar-refractivity contribution in [3.05, 3.63) is 95.5 Å².